The molecule has 18 heavy (non-hydrogen) atoms. The summed E-state index contributed by atoms with van der Waals surface area (Å²) >= 11 is 1.62. The second-order valence-electron chi connectivity index (χ2n) is 4.10. The number of carbonyl (C=O) groups is 1. The summed E-state index contributed by atoms with van der Waals surface area (Å²) in [6, 6.07) is 9.27. The molecule has 0 bridgehead atoms. The fourth-order valence-corrected chi connectivity index (χ4v) is 2.67. The molecule has 1 aromatic carbocycles. The number of hydrogen-bond acceptors (Lipinski definition) is 4. The van der Waals surface area contributed by atoms with Crippen LogP contribution in [0.1, 0.15) is 12.0 Å². The lowest BCUT2D eigenvalue weighted by Gasteiger charge is -2.26. The van der Waals surface area contributed by atoms with Crippen molar-refractivity contribution in [2.45, 2.75) is 12.0 Å². The van der Waals surface area contributed by atoms with Crippen LogP contribution in [0.25, 0.3) is 0 Å². The third-order valence-electron chi connectivity index (χ3n) is 2.70. The lowest BCUT2D eigenvalue weighted by Crippen LogP contribution is -2.51. The van der Waals surface area contributed by atoms with E-state index in [0.29, 0.717) is 12.4 Å². The minimum absolute atomic E-state index is 0.482. The number of thioether (sulfide) groups is 1. The van der Waals surface area contributed by atoms with E-state index in [1.54, 1.807) is 18.9 Å². The van der Waals surface area contributed by atoms with Crippen LogP contribution in [0.3, 0.4) is 0 Å². The largest absolute Gasteiger partial charge is 0.385 e. The highest BCUT2D eigenvalue weighted by molar-refractivity contribution is 7.99. The van der Waals surface area contributed by atoms with Gasteiger partial charge in [0, 0.05) is 19.5 Å². The molecule has 1 rings (SSSR count). The number of ether oxygens (including phenoxy) is 1. The summed E-state index contributed by atoms with van der Waals surface area (Å²) in [5.74, 6) is 0.885. The van der Waals surface area contributed by atoms with Crippen LogP contribution in [-0.4, -0.2) is 31.1 Å². The number of hydrogen-bond donors (Lipinski definition) is 2. The molecule has 1 unspecified atom stereocenters. The molecule has 5 heteroatoms. The van der Waals surface area contributed by atoms with E-state index in [4.69, 9.17) is 16.2 Å². The van der Waals surface area contributed by atoms with Crippen LogP contribution in [0.15, 0.2) is 30.3 Å². The highest BCUT2D eigenvalue weighted by atomic mass is 32.2. The van der Waals surface area contributed by atoms with E-state index in [1.165, 1.54) is 0 Å². The molecule has 0 aliphatic carbocycles. The first-order chi connectivity index (χ1) is 8.61. The second-order valence-corrected chi connectivity index (χ2v) is 5.21. The predicted molar refractivity (Wildman–Crippen MR) is 75.3 cm³/mol. The summed E-state index contributed by atoms with van der Waals surface area (Å²) in [6.45, 7) is 0.715. The van der Waals surface area contributed by atoms with Gasteiger partial charge in [-0.2, -0.15) is 11.8 Å². The molecule has 0 saturated heterocycles. The monoisotopic (exact) mass is 268 g/mol. The highest BCUT2D eigenvalue weighted by Gasteiger charge is 2.33. The molecule has 1 amide bonds. The van der Waals surface area contributed by atoms with Crippen molar-refractivity contribution in [3.8, 4) is 0 Å². The van der Waals surface area contributed by atoms with Gasteiger partial charge in [-0.25, -0.2) is 0 Å². The summed E-state index contributed by atoms with van der Waals surface area (Å²) in [4.78, 5) is 11.6. The van der Waals surface area contributed by atoms with Crippen molar-refractivity contribution in [3.63, 3.8) is 0 Å². The van der Waals surface area contributed by atoms with E-state index in [-0.39, 0.29) is 0 Å². The van der Waals surface area contributed by atoms with Crippen LogP contribution in [0.2, 0.25) is 0 Å². The van der Waals surface area contributed by atoms with Gasteiger partial charge in [-0.05, 0) is 17.7 Å². The van der Waals surface area contributed by atoms with Crippen LogP contribution in [0, 0.1) is 0 Å². The Bertz CT molecular complexity index is 373. The van der Waals surface area contributed by atoms with Crippen molar-refractivity contribution in [2.24, 2.45) is 11.5 Å². The maximum Gasteiger partial charge on any atom is 0.242 e. The van der Waals surface area contributed by atoms with Gasteiger partial charge in [0.05, 0.1) is 0 Å². The molecule has 0 radical (unpaired) electrons. The number of carbonyl (C=O) groups excluding carboxylic acids is 1. The molecule has 4 N–H and O–H groups in total. The Hall–Kier alpha value is -1.04. The molecular weight excluding hydrogens is 248 g/mol. The molecule has 0 fully saturated rings. The molecule has 0 spiro atoms. The third-order valence-corrected chi connectivity index (χ3v) is 3.93. The molecule has 0 aliphatic rings. The van der Waals surface area contributed by atoms with E-state index >= 15 is 0 Å². The van der Waals surface area contributed by atoms with Gasteiger partial charge in [-0.15, -0.1) is 0 Å². The standard InChI is InChI=1S/C13H20N2O2S/c1-17-8-5-9-18-10-13(15,12(14)16)11-6-3-2-4-7-11/h2-4,6-7H,5,8-10,15H2,1H3,(H2,14,16). The van der Waals surface area contributed by atoms with Crippen LogP contribution in [0.5, 0.6) is 0 Å². The maximum atomic E-state index is 11.6. The van der Waals surface area contributed by atoms with Crippen molar-refractivity contribution >= 4 is 17.7 Å². The topological polar surface area (TPSA) is 78.3 Å². The molecule has 0 saturated carbocycles. The van der Waals surface area contributed by atoms with Gasteiger partial charge < -0.3 is 16.2 Å². The SMILES string of the molecule is COCCCSCC(N)(C(N)=O)c1ccccc1. The van der Waals surface area contributed by atoms with E-state index in [0.717, 1.165) is 17.7 Å². The molecule has 0 aliphatic heterocycles. The van der Waals surface area contributed by atoms with Gasteiger partial charge in [0.2, 0.25) is 5.91 Å². The first-order valence-corrected chi connectivity index (χ1v) is 6.97. The van der Waals surface area contributed by atoms with E-state index in [1.807, 2.05) is 30.3 Å². The predicted octanol–water partition coefficient (Wildman–Crippen LogP) is 1.10. The molecule has 0 heterocycles. The Balaban J connectivity index is 2.62. The lowest BCUT2D eigenvalue weighted by molar-refractivity contribution is -0.122. The van der Waals surface area contributed by atoms with Crippen molar-refractivity contribution in [3.05, 3.63) is 35.9 Å². The highest BCUT2D eigenvalue weighted by Crippen LogP contribution is 2.23. The normalized spacial score (nSPS) is 14.1. The maximum absolute atomic E-state index is 11.6. The zero-order valence-electron chi connectivity index (χ0n) is 10.6. The van der Waals surface area contributed by atoms with E-state index in [2.05, 4.69) is 0 Å². The van der Waals surface area contributed by atoms with Gasteiger partial charge in [0.25, 0.3) is 0 Å². The molecule has 1 aromatic rings. The summed E-state index contributed by atoms with van der Waals surface area (Å²) in [6.07, 6.45) is 0.935. The Labute approximate surface area is 112 Å². The van der Waals surface area contributed by atoms with Crippen molar-refractivity contribution in [2.75, 3.05) is 25.2 Å². The van der Waals surface area contributed by atoms with Gasteiger partial charge >= 0.3 is 0 Å². The zero-order chi connectivity index (χ0) is 13.4. The van der Waals surface area contributed by atoms with Gasteiger partial charge in [-0.3, -0.25) is 4.79 Å². The Morgan fingerprint density at radius 2 is 2.06 bits per heavy atom. The van der Waals surface area contributed by atoms with Crippen LogP contribution in [0.4, 0.5) is 0 Å². The number of nitrogens with two attached hydrogens (primary N) is 2. The smallest absolute Gasteiger partial charge is 0.242 e. The Morgan fingerprint density at radius 1 is 1.39 bits per heavy atom. The molecule has 4 nitrogen and oxygen atoms in total. The van der Waals surface area contributed by atoms with E-state index in [9.17, 15) is 4.79 Å². The van der Waals surface area contributed by atoms with Gasteiger partial charge in [-0.1, -0.05) is 30.3 Å². The summed E-state index contributed by atoms with van der Waals surface area (Å²) in [5, 5.41) is 0. The van der Waals surface area contributed by atoms with Gasteiger partial charge in [0.15, 0.2) is 0 Å². The van der Waals surface area contributed by atoms with E-state index < -0.39 is 11.4 Å². The minimum Gasteiger partial charge on any atom is -0.385 e. The Kier molecular flexibility index (Phi) is 6.18. The fourth-order valence-electron chi connectivity index (χ4n) is 1.57. The van der Waals surface area contributed by atoms with Crippen molar-refractivity contribution < 1.29 is 9.53 Å². The van der Waals surface area contributed by atoms with Crippen LogP contribution < -0.4 is 11.5 Å². The first-order valence-electron chi connectivity index (χ1n) is 5.82. The molecule has 0 aromatic heterocycles. The van der Waals surface area contributed by atoms with Crippen LogP contribution in [-0.2, 0) is 15.1 Å². The average molecular weight is 268 g/mol. The van der Waals surface area contributed by atoms with Crippen molar-refractivity contribution in [1.29, 1.82) is 0 Å². The second kappa shape index (κ2) is 7.41. The van der Waals surface area contributed by atoms with Crippen molar-refractivity contribution in [1.82, 2.24) is 0 Å². The molecular formula is C13H20N2O2S. The zero-order valence-corrected chi connectivity index (χ0v) is 11.4. The quantitative estimate of drug-likeness (QED) is 0.692. The minimum atomic E-state index is -1.10. The van der Waals surface area contributed by atoms with Crippen LogP contribution >= 0.6 is 11.8 Å². The molecule has 1 atom stereocenters. The summed E-state index contributed by atoms with van der Waals surface area (Å²) < 4.78 is 4.97. The number of methoxy groups -OCH3 is 1. The number of benzene rings is 1. The first kappa shape index (κ1) is 15.0. The number of rotatable bonds is 8. The summed E-state index contributed by atoms with van der Waals surface area (Å²) in [5.41, 5.74) is 11.3. The van der Waals surface area contributed by atoms with Gasteiger partial charge in [0.1, 0.15) is 5.54 Å². The number of primary amides is 1. The lowest BCUT2D eigenvalue weighted by atomic mass is 9.92. The fraction of sp³-hybridized carbons (Fsp3) is 0.462. The third kappa shape index (κ3) is 4.01. The number of amides is 1. The average Bonchev–Trinajstić information content (AvgIpc) is 2.39. The Morgan fingerprint density at radius 3 is 2.61 bits per heavy atom. The molecule has 100 valence electrons. The summed E-state index contributed by atoms with van der Waals surface area (Å²) in [7, 11) is 1.67.